The van der Waals surface area contributed by atoms with E-state index in [1.807, 2.05) is 49.4 Å². The highest BCUT2D eigenvalue weighted by Crippen LogP contribution is 2.29. The summed E-state index contributed by atoms with van der Waals surface area (Å²) in [6.45, 7) is 1.84. The van der Waals surface area contributed by atoms with Crippen LogP contribution in [0.15, 0.2) is 120 Å². The van der Waals surface area contributed by atoms with E-state index in [1.165, 1.54) is 12.1 Å². The standard InChI is InChI=1S/C29H28N4O4S/c1-21-17-19-25(20-18-21)38(36,37)33-29(35)32-27(23-13-7-3-8-14-23)26(22-11-5-2-6-12-22)31-28(34)30-24-15-9-4-10-16-24/h2-20,26-27H,1H3,(H2,30,31,34)(H2,32,33,35). The maximum atomic E-state index is 13.1. The third-order valence-corrected chi connectivity index (χ3v) is 7.16. The summed E-state index contributed by atoms with van der Waals surface area (Å²) >= 11 is 0. The average Bonchev–Trinajstić information content (AvgIpc) is 2.92. The van der Waals surface area contributed by atoms with E-state index in [0.717, 1.165) is 5.56 Å². The molecule has 4 rings (SSSR count). The molecule has 0 spiro atoms. The van der Waals surface area contributed by atoms with Crippen LogP contribution in [0.3, 0.4) is 0 Å². The Bertz CT molecular complexity index is 1460. The summed E-state index contributed by atoms with van der Waals surface area (Å²) < 4.78 is 27.8. The molecule has 0 heterocycles. The zero-order valence-corrected chi connectivity index (χ0v) is 21.5. The molecule has 0 aliphatic carbocycles. The molecule has 194 valence electrons. The Hall–Kier alpha value is -4.63. The summed E-state index contributed by atoms with van der Waals surface area (Å²) in [7, 11) is -4.12. The second-order valence-electron chi connectivity index (χ2n) is 8.63. The third kappa shape index (κ3) is 6.98. The topological polar surface area (TPSA) is 116 Å². The Kier molecular flexibility index (Phi) is 8.40. The molecule has 4 aromatic carbocycles. The quantitative estimate of drug-likeness (QED) is 0.249. The van der Waals surface area contributed by atoms with Crippen LogP contribution < -0.4 is 20.7 Å². The van der Waals surface area contributed by atoms with Gasteiger partial charge in [0, 0.05) is 5.69 Å². The van der Waals surface area contributed by atoms with Crippen LogP contribution in [0.1, 0.15) is 28.8 Å². The first kappa shape index (κ1) is 26.4. The zero-order valence-electron chi connectivity index (χ0n) is 20.7. The second kappa shape index (κ2) is 12.1. The monoisotopic (exact) mass is 528 g/mol. The van der Waals surface area contributed by atoms with Gasteiger partial charge in [-0.1, -0.05) is 96.6 Å². The molecule has 38 heavy (non-hydrogen) atoms. The second-order valence-corrected chi connectivity index (χ2v) is 10.3. The van der Waals surface area contributed by atoms with Crippen LogP contribution in [0, 0.1) is 6.92 Å². The minimum absolute atomic E-state index is 0.0329. The van der Waals surface area contributed by atoms with Crippen LogP contribution in [0.25, 0.3) is 0 Å². The molecular formula is C29H28N4O4S. The highest BCUT2D eigenvalue weighted by Gasteiger charge is 2.29. The first-order valence-corrected chi connectivity index (χ1v) is 13.4. The van der Waals surface area contributed by atoms with E-state index >= 15 is 0 Å². The Labute approximate surface area is 222 Å². The minimum atomic E-state index is -4.12. The highest BCUT2D eigenvalue weighted by atomic mass is 32.2. The van der Waals surface area contributed by atoms with Crippen molar-refractivity contribution >= 4 is 27.8 Å². The molecule has 4 aromatic rings. The van der Waals surface area contributed by atoms with Gasteiger partial charge in [0.05, 0.1) is 17.0 Å². The summed E-state index contributed by atoms with van der Waals surface area (Å²) in [5.41, 5.74) is 2.88. The van der Waals surface area contributed by atoms with Crippen molar-refractivity contribution in [3.05, 3.63) is 132 Å². The van der Waals surface area contributed by atoms with Gasteiger partial charge in [-0.05, 0) is 42.3 Å². The van der Waals surface area contributed by atoms with E-state index in [0.29, 0.717) is 16.8 Å². The maximum Gasteiger partial charge on any atom is 0.329 e. The van der Waals surface area contributed by atoms with Crippen molar-refractivity contribution in [2.45, 2.75) is 23.9 Å². The van der Waals surface area contributed by atoms with Gasteiger partial charge >= 0.3 is 12.1 Å². The fourth-order valence-electron chi connectivity index (χ4n) is 3.94. The summed E-state index contributed by atoms with van der Waals surface area (Å²) in [5.74, 6) is 0. The first-order chi connectivity index (χ1) is 18.3. The molecule has 8 nitrogen and oxygen atoms in total. The van der Waals surface area contributed by atoms with E-state index in [9.17, 15) is 18.0 Å². The Balaban J connectivity index is 1.62. The fraction of sp³-hybridized carbons (Fsp3) is 0.103. The predicted molar refractivity (Wildman–Crippen MR) is 147 cm³/mol. The van der Waals surface area contributed by atoms with Crippen molar-refractivity contribution in [3.63, 3.8) is 0 Å². The first-order valence-electron chi connectivity index (χ1n) is 11.9. The van der Waals surface area contributed by atoms with Gasteiger partial charge in [0.25, 0.3) is 10.0 Å². The van der Waals surface area contributed by atoms with Crippen molar-refractivity contribution in [2.75, 3.05) is 5.32 Å². The number of para-hydroxylation sites is 1. The van der Waals surface area contributed by atoms with Crippen LogP contribution in [-0.2, 0) is 10.0 Å². The number of rotatable bonds is 8. The molecule has 0 fully saturated rings. The van der Waals surface area contributed by atoms with Crippen LogP contribution in [0.5, 0.6) is 0 Å². The summed E-state index contributed by atoms with van der Waals surface area (Å²) in [6.07, 6.45) is 0. The van der Waals surface area contributed by atoms with Gasteiger partial charge in [-0.25, -0.2) is 22.7 Å². The highest BCUT2D eigenvalue weighted by molar-refractivity contribution is 7.90. The minimum Gasteiger partial charge on any atom is -0.329 e. The van der Waals surface area contributed by atoms with Crippen LogP contribution >= 0.6 is 0 Å². The number of hydrogen-bond acceptors (Lipinski definition) is 4. The molecule has 0 radical (unpaired) electrons. The lowest BCUT2D eigenvalue weighted by molar-refractivity contribution is 0.232. The largest absolute Gasteiger partial charge is 0.329 e. The molecule has 4 N–H and O–H groups in total. The third-order valence-electron chi connectivity index (χ3n) is 5.81. The number of carbonyl (C=O) groups excluding carboxylic acids is 2. The molecular weight excluding hydrogens is 500 g/mol. The average molecular weight is 529 g/mol. The lowest BCUT2D eigenvalue weighted by Crippen LogP contribution is -2.46. The SMILES string of the molecule is Cc1ccc(S(=O)(=O)NC(=O)NC(c2ccccc2)C(NC(=O)Nc2ccccc2)c2ccccc2)cc1. The van der Waals surface area contributed by atoms with Crippen LogP contribution in [0.4, 0.5) is 15.3 Å². The maximum absolute atomic E-state index is 13.1. The van der Waals surface area contributed by atoms with Gasteiger partial charge in [0.15, 0.2) is 0 Å². The smallest absolute Gasteiger partial charge is 0.329 e. The normalized spacial score (nSPS) is 12.6. The van der Waals surface area contributed by atoms with Crippen molar-refractivity contribution < 1.29 is 18.0 Å². The summed E-state index contributed by atoms with van der Waals surface area (Å²) in [5, 5.41) is 8.50. The van der Waals surface area contributed by atoms with E-state index in [1.54, 1.807) is 60.7 Å². The molecule has 0 aliphatic heterocycles. The van der Waals surface area contributed by atoms with E-state index in [2.05, 4.69) is 20.7 Å². The Morgan fingerprint density at radius 3 is 1.55 bits per heavy atom. The number of nitrogens with one attached hydrogen (secondary N) is 4. The number of benzene rings is 4. The number of hydrogen-bond donors (Lipinski definition) is 4. The molecule has 0 saturated carbocycles. The molecule has 0 aromatic heterocycles. The van der Waals surface area contributed by atoms with Gasteiger partial charge in [-0.15, -0.1) is 0 Å². The van der Waals surface area contributed by atoms with E-state index < -0.39 is 34.2 Å². The van der Waals surface area contributed by atoms with Crippen molar-refractivity contribution in [3.8, 4) is 0 Å². The number of carbonyl (C=O) groups is 2. The van der Waals surface area contributed by atoms with Gasteiger partial charge in [0.1, 0.15) is 0 Å². The zero-order chi connectivity index (χ0) is 27.0. The molecule has 0 saturated heterocycles. The van der Waals surface area contributed by atoms with Gasteiger partial charge in [0.2, 0.25) is 0 Å². The van der Waals surface area contributed by atoms with Crippen molar-refractivity contribution in [2.24, 2.45) is 0 Å². The molecule has 0 bridgehead atoms. The number of anilines is 1. The fourth-order valence-corrected chi connectivity index (χ4v) is 4.85. The van der Waals surface area contributed by atoms with Crippen molar-refractivity contribution in [1.82, 2.24) is 15.4 Å². The van der Waals surface area contributed by atoms with E-state index in [-0.39, 0.29) is 4.90 Å². The van der Waals surface area contributed by atoms with Gasteiger partial charge < -0.3 is 16.0 Å². The Morgan fingerprint density at radius 2 is 1.05 bits per heavy atom. The molecule has 2 unspecified atom stereocenters. The number of amides is 4. The predicted octanol–water partition coefficient (Wildman–Crippen LogP) is 5.29. The van der Waals surface area contributed by atoms with Gasteiger partial charge in [-0.2, -0.15) is 0 Å². The summed E-state index contributed by atoms with van der Waals surface area (Å²) in [4.78, 5) is 26.0. The molecule has 0 aliphatic rings. The van der Waals surface area contributed by atoms with Crippen molar-refractivity contribution in [1.29, 1.82) is 0 Å². The number of urea groups is 2. The number of aryl methyl sites for hydroxylation is 1. The summed E-state index contributed by atoms with van der Waals surface area (Å²) in [6, 6.07) is 30.3. The van der Waals surface area contributed by atoms with E-state index in [4.69, 9.17) is 0 Å². The lowest BCUT2D eigenvalue weighted by Gasteiger charge is -2.30. The lowest BCUT2D eigenvalue weighted by atomic mass is 9.93. The molecule has 2 atom stereocenters. The molecule has 4 amide bonds. The van der Waals surface area contributed by atoms with Gasteiger partial charge in [-0.3, -0.25) is 0 Å². The van der Waals surface area contributed by atoms with Crippen LogP contribution in [0.2, 0.25) is 0 Å². The number of sulfonamides is 1. The Morgan fingerprint density at radius 1 is 0.605 bits per heavy atom. The molecule has 9 heteroatoms. The van der Waals surface area contributed by atoms with Crippen LogP contribution in [-0.4, -0.2) is 20.5 Å².